The molecule has 1 aromatic heterocycles. The van der Waals surface area contributed by atoms with Gasteiger partial charge in [-0.05, 0) is 66.2 Å². The number of aromatic nitrogens is 2. The molecule has 4 aromatic rings. The van der Waals surface area contributed by atoms with Gasteiger partial charge in [0.25, 0.3) is 5.91 Å². The maximum absolute atomic E-state index is 13.4. The fraction of sp³-hybridized carbons (Fsp3) is 0.125. The number of ether oxygens (including phenoxy) is 1. The maximum Gasteiger partial charge on any atom is 0.274 e. The number of hydrogen-bond acceptors (Lipinski definition) is 4. The van der Waals surface area contributed by atoms with Crippen LogP contribution in [-0.2, 0) is 0 Å². The smallest absolute Gasteiger partial charge is 0.274 e. The number of hydrazone groups is 1. The summed E-state index contributed by atoms with van der Waals surface area (Å²) in [6, 6.07) is 22.5. The number of carbonyl (C=O) groups excluding carboxylic acids is 1. The predicted octanol–water partition coefficient (Wildman–Crippen LogP) is 5.33. The van der Waals surface area contributed by atoms with Crippen molar-refractivity contribution in [2.75, 3.05) is 7.11 Å². The molecule has 1 aliphatic heterocycles. The summed E-state index contributed by atoms with van der Waals surface area (Å²) >= 11 is 3.42. The highest BCUT2D eigenvalue weighted by molar-refractivity contribution is 9.10. The van der Waals surface area contributed by atoms with Crippen molar-refractivity contribution < 1.29 is 9.53 Å². The van der Waals surface area contributed by atoms with Crippen molar-refractivity contribution >= 4 is 38.6 Å². The Labute approximate surface area is 187 Å². The second-order valence-electron chi connectivity index (χ2n) is 7.29. The Morgan fingerprint density at radius 1 is 1.06 bits per heavy atom. The number of carbonyl (C=O) groups is 1. The molecule has 1 atom stereocenters. The molecule has 1 aliphatic rings. The van der Waals surface area contributed by atoms with E-state index in [1.54, 1.807) is 24.3 Å². The summed E-state index contributed by atoms with van der Waals surface area (Å²) in [7, 11) is 1.64. The molecule has 1 unspecified atom stereocenters. The van der Waals surface area contributed by atoms with Gasteiger partial charge in [-0.25, -0.2) is 9.99 Å². The minimum absolute atomic E-state index is 0.165. The van der Waals surface area contributed by atoms with Crippen molar-refractivity contribution in [3.05, 3.63) is 94.2 Å². The van der Waals surface area contributed by atoms with Gasteiger partial charge in [0.15, 0.2) is 0 Å². The summed E-state index contributed by atoms with van der Waals surface area (Å²) in [5.74, 6) is 1.33. The van der Waals surface area contributed by atoms with E-state index in [0.717, 1.165) is 38.4 Å². The van der Waals surface area contributed by atoms with Gasteiger partial charge in [0.05, 0.1) is 23.9 Å². The number of aromatic amines is 1. The summed E-state index contributed by atoms with van der Waals surface area (Å²) in [6.45, 7) is 0. The Balaban J connectivity index is 1.54. The third-order valence-corrected chi connectivity index (χ3v) is 5.88. The van der Waals surface area contributed by atoms with E-state index in [9.17, 15) is 4.79 Å². The van der Waals surface area contributed by atoms with Gasteiger partial charge in [-0.2, -0.15) is 5.10 Å². The van der Waals surface area contributed by atoms with E-state index in [1.165, 1.54) is 0 Å². The lowest BCUT2D eigenvalue weighted by atomic mass is 10.0. The number of nitrogens with one attached hydrogen (secondary N) is 1. The van der Waals surface area contributed by atoms with Crippen LogP contribution in [0.25, 0.3) is 11.0 Å². The molecule has 3 aromatic carbocycles. The van der Waals surface area contributed by atoms with Gasteiger partial charge in [-0.3, -0.25) is 4.79 Å². The quantitative estimate of drug-likeness (QED) is 0.434. The number of methoxy groups -OCH3 is 1. The Morgan fingerprint density at radius 2 is 1.81 bits per heavy atom. The average molecular weight is 475 g/mol. The van der Waals surface area contributed by atoms with Crippen LogP contribution in [0.15, 0.2) is 82.4 Å². The molecule has 0 saturated carbocycles. The number of halogens is 1. The molecule has 154 valence electrons. The van der Waals surface area contributed by atoms with Crippen LogP contribution in [0, 0.1) is 0 Å². The zero-order chi connectivity index (χ0) is 21.4. The Kier molecular flexibility index (Phi) is 5.03. The molecule has 7 heteroatoms. The van der Waals surface area contributed by atoms with Gasteiger partial charge in [-0.1, -0.05) is 28.1 Å². The van der Waals surface area contributed by atoms with E-state index in [4.69, 9.17) is 14.8 Å². The fourth-order valence-corrected chi connectivity index (χ4v) is 3.99. The molecule has 6 nitrogen and oxygen atoms in total. The number of nitrogens with zero attached hydrogens (tertiary/aromatic N) is 3. The molecule has 0 radical (unpaired) electrons. The largest absolute Gasteiger partial charge is 0.497 e. The number of benzene rings is 3. The highest BCUT2D eigenvalue weighted by Gasteiger charge is 2.35. The molecule has 0 spiro atoms. The van der Waals surface area contributed by atoms with Crippen LogP contribution >= 0.6 is 15.9 Å². The molecular formula is C24H19BrN4O2. The Morgan fingerprint density at radius 3 is 2.52 bits per heavy atom. The van der Waals surface area contributed by atoms with Crippen molar-refractivity contribution in [3.63, 3.8) is 0 Å². The SMILES string of the molecule is COc1ccc(C2=NN(C(=O)c3ccc(Br)cc3)C(c3nc4ccccc4[nH]3)C2)cc1. The van der Waals surface area contributed by atoms with E-state index < -0.39 is 0 Å². The number of fused-ring (bicyclic) bond motifs is 1. The summed E-state index contributed by atoms with van der Waals surface area (Å²) in [5.41, 5.74) is 4.16. The van der Waals surface area contributed by atoms with Crippen LogP contribution < -0.4 is 4.74 Å². The van der Waals surface area contributed by atoms with E-state index in [2.05, 4.69) is 20.9 Å². The highest BCUT2D eigenvalue weighted by Crippen LogP contribution is 2.34. The van der Waals surface area contributed by atoms with Crippen molar-refractivity contribution in [2.24, 2.45) is 5.10 Å². The van der Waals surface area contributed by atoms with Crippen LogP contribution in [0.3, 0.4) is 0 Å². The second-order valence-corrected chi connectivity index (χ2v) is 8.21. The monoisotopic (exact) mass is 474 g/mol. The van der Waals surface area contributed by atoms with E-state index >= 15 is 0 Å². The lowest BCUT2D eigenvalue weighted by Crippen LogP contribution is -2.27. The Bertz CT molecular complexity index is 1250. The van der Waals surface area contributed by atoms with Crippen LogP contribution in [0.2, 0.25) is 0 Å². The van der Waals surface area contributed by atoms with E-state index in [0.29, 0.717) is 12.0 Å². The van der Waals surface area contributed by atoms with Crippen molar-refractivity contribution in [3.8, 4) is 5.75 Å². The summed E-state index contributed by atoms with van der Waals surface area (Å²) in [5, 5.41) is 6.27. The first-order valence-electron chi connectivity index (χ1n) is 9.88. The molecular weight excluding hydrogens is 456 g/mol. The molecule has 31 heavy (non-hydrogen) atoms. The zero-order valence-electron chi connectivity index (χ0n) is 16.7. The first-order chi connectivity index (χ1) is 15.1. The van der Waals surface area contributed by atoms with Gasteiger partial charge in [0.1, 0.15) is 17.6 Å². The molecule has 0 bridgehead atoms. The molecule has 1 N–H and O–H groups in total. The number of amides is 1. The lowest BCUT2D eigenvalue weighted by molar-refractivity contribution is 0.0705. The van der Waals surface area contributed by atoms with Crippen LogP contribution in [0.1, 0.15) is 34.2 Å². The number of rotatable bonds is 4. The lowest BCUT2D eigenvalue weighted by Gasteiger charge is -2.20. The summed E-state index contributed by atoms with van der Waals surface area (Å²) in [4.78, 5) is 21.5. The van der Waals surface area contributed by atoms with Crippen LogP contribution in [0.4, 0.5) is 0 Å². The standard InChI is InChI=1S/C24H19BrN4O2/c1-31-18-12-8-15(9-13-18)21-14-22(23-26-19-4-2-3-5-20(19)27-23)29(28-21)24(30)16-6-10-17(25)11-7-16/h2-13,22H,14H2,1H3,(H,26,27). The van der Waals surface area contributed by atoms with Crippen LogP contribution in [0.5, 0.6) is 5.75 Å². The number of para-hydroxylation sites is 2. The summed E-state index contributed by atoms with van der Waals surface area (Å²) < 4.78 is 6.18. The van der Waals surface area contributed by atoms with Gasteiger partial charge in [-0.15, -0.1) is 0 Å². The topological polar surface area (TPSA) is 70.6 Å². The van der Waals surface area contributed by atoms with E-state index in [1.807, 2.05) is 60.7 Å². The predicted molar refractivity (Wildman–Crippen MR) is 123 cm³/mol. The average Bonchev–Trinajstić information content (AvgIpc) is 3.43. The van der Waals surface area contributed by atoms with Gasteiger partial charge >= 0.3 is 0 Å². The normalized spacial score (nSPS) is 15.9. The van der Waals surface area contributed by atoms with Crippen molar-refractivity contribution in [2.45, 2.75) is 12.5 Å². The van der Waals surface area contributed by atoms with Crippen molar-refractivity contribution in [1.29, 1.82) is 0 Å². The molecule has 0 saturated heterocycles. The molecule has 0 fully saturated rings. The third-order valence-electron chi connectivity index (χ3n) is 5.36. The molecule has 2 heterocycles. The molecule has 1 amide bonds. The second kappa shape index (κ2) is 8.00. The number of imidazole rings is 1. The number of H-pyrrole nitrogens is 1. The van der Waals surface area contributed by atoms with Gasteiger partial charge in [0.2, 0.25) is 0 Å². The fourth-order valence-electron chi connectivity index (χ4n) is 3.72. The van der Waals surface area contributed by atoms with Gasteiger partial charge < -0.3 is 9.72 Å². The Hall–Kier alpha value is -3.45. The minimum atomic E-state index is -0.319. The maximum atomic E-state index is 13.4. The van der Waals surface area contributed by atoms with Crippen LogP contribution in [-0.4, -0.2) is 33.7 Å². The first-order valence-corrected chi connectivity index (χ1v) is 10.7. The van der Waals surface area contributed by atoms with Gasteiger partial charge in [0, 0.05) is 16.5 Å². The van der Waals surface area contributed by atoms with E-state index in [-0.39, 0.29) is 11.9 Å². The number of hydrogen-bond donors (Lipinski definition) is 1. The summed E-state index contributed by atoms with van der Waals surface area (Å²) in [6.07, 6.45) is 0.564. The third kappa shape index (κ3) is 3.72. The molecule has 0 aliphatic carbocycles. The first kappa shape index (κ1) is 19.5. The zero-order valence-corrected chi connectivity index (χ0v) is 18.3. The minimum Gasteiger partial charge on any atom is -0.497 e. The highest BCUT2D eigenvalue weighted by atomic mass is 79.9. The van der Waals surface area contributed by atoms with Crippen molar-refractivity contribution in [1.82, 2.24) is 15.0 Å². The molecule has 5 rings (SSSR count).